The lowest BCUT2D eigenvalue weighted by molar-refractivity contribution is -0.0875. The number of ether oxygens (including phenoxy) is 1. The van der Waals surface area contributed by atoms with E-state index in [9.17, 15) is 4.79 Å². The first-order chi connectivity index (χ1) is 12.7. The Bertz CT molecular complexity index is 853. The molecule has 27 heavy (non-hydrogen) atoms. The summed E-state index contributed by atoms with van der Waals surface area (Å²) in [7, 11) is 0. The Morgan fingerprint density at radius 2 is 1.89 bits per heavy atom. The molecule has 2 atom stereocenters. The molecule has 6 heteroatoms. The van der Waals surface area contributed by atoms with E-state index < -0.39 is 0 Å². The van der Waals surface area contributed by atoms with E-state index in [4.69, 9.17) is 4.74 Å². The minimum absolute atomic E-state index is 0.105. The summed E-state index contributed by atoms with van der Waals surface area (Å²) in [6, 6.07) is 2.22. The van der Waals surface area contributed by atoms with Crippen molar-refractivity contribution >= 4 is 11.6 Å². The second-order valence-electron chi connectivity index (χ2n) is 9.25. The lowest BCUT2D eigenvalue weighted by Gasteiger charge is -2.38. The van der Waals surface area contributed by atoms with Crippen LogP contribution in [0, 0.1) is 25.7 Å². The van der Waals surface area contributed by atoms with Gasteiger partial charge in [-0.15, -0.1) is 0 Å². The third-order valence-electron chi connectivity index (χ3n) is 5.91. The lowest BCUT2D eigenvalue weighted by Crippen LogP contribution is -2.47. The van der Waals surface area contributed by atoms with Crippen molar-refractivity contribution in [2.45, 2.75) is 78.0 Å². The summed E-state index contributed by atoms with van der Waals surface area (Å²) in [5.74, 6) is 0.878. The smallest absolute Gasteiger partial charge is 0.274 e. The molecule has 2 aliphatic rings. The Kier molecular flexibility index (Phi) is 4.49. The van der Waals surface area contributed by atoms with Crippen LogP contribution in [0.1, 0.15) is 68.3 Å². The number of aromatic nitrogens is 3. The molecule has 0 aliphatic heterocycles. The zero-order valence-electron chi connectivity index (χ0n) is 17.0. The van der Waals surface area contributed by atoms with E-state index in [1.807, 2.05) is 24.3 Å². The third kappa shape index (κ3) is 3.59. The monoisotopic (exact) mass is 370 g/mol. The molecule has 1 amide bonds. The van der Waals surface area contributed by atoms with Gasteiger partial charge in [0.05, 0.1) is 11.7 Å². The first-order valence-electron chi connectivity index (χ1n) is 10.0. The van der Waals surface area contributed by atoms with Gasteiger partial charge in [-0.3, -0.25) is 9.20 Å². The molecule has 2 aromatic heterocycles. The van der Waals surface area contributed by atoms with E-state index in [2.05, 4.69) is 36.1 Å². The van der Waals surface area contributed by atoms with Crippen LogP contribution in [-0.4, -0.2) is 38.0 Å². The van der Waals surface area contributed by atoms with E-state index in [1.54, 1.807) is 6.33 Å². The van der Waals surface area contributed by atoms with Crippen molar-refractivity contribution in [3.05, 3.63) is 29.5 Å². The SMILES string of the molecule is Cc1cc(C)n2cnc(C(=O)NC3C4CCC3CC(OC(C)(C)C)C4)c2n1. The van der Waals surface area contributed by atoms with E-state index in [1.165, 1.54) is 12.8 Å². The highest BCUT2D eigenvalue weighted by molar-refractivity contribution is 5.98. The van der Waals surface area contributed by atoms with Crippen LogP contribution in [0.2, 0.25) is 0 Å². The molecule has 0 spiro atoms. The van der Waals surface area contributed by atoms with E-state index in [0.717, 1.165) is 24.2 Å². The lowest BCUT2D eigenvalue weighted by atomic mass is 9.82. The molecule has 2 fully saturated rings. The number of fused-ring (bicyclic) bond motifs is 3. The Balaban J connectivity index is 1.50. The number of nitrogens with one attached hydrogen (secondary N) is 1. The van der Waals surface area contributed by atoms with Gasteiger partial charge < -0.3 is 10.1 Å². The van der Waals surface area contributed by atoms with Crippen LogP contribution in [0.5, 0.6) is 0 Å². The standard InChI is InChI=1S/C21H30N4O2/c1-12-8-13(2)25-11-22-18(19(25)23-12)20(26)24-17-14-6-7-15(17)10-16(9-14)27-21(3,4)5/h8,11,14-17H,6-7,9-10H2,1-5H3,(H,24,26). The van der Waals surface area contributed by atoms with Gasteiger partial charge in [-0.1, -0.05) is 0 Å². The topological polar surface area (TPSA) is 68.5 Å². The predicted molar refractivity (Wildman–Crippen MR) is 104 cm³/mol. The van der Waals surface area contributed by atoms with Crippen LogP contribution in [0.3, 0.4) is 0 Å². The highest BCUT2D eigenvalue weighted by Crippen LogP contribution is 2.44. The fourth-order valence-electron chi connectivity index (χ4n) is 4.96. The van der Waals surface area contributed by atoms with Crippen LogP contribution in [0.4, 0.5) is 0 Å². The molecule has 2 aliphatic carbocycles. The molecule has 2 aromatic rings. The largest absolute Gasteiger partial charge is 0.373 e. The van der Waals surface area contributed by atoms with E-state index in [-0.39, 0.29) is 17.6 Å². The molecule has 1 N–H and O–H groups in total. The summed E-state index contributed by atoms with van der Waals surface area (Å²) in [5, 5.41) is 3.29. The van der Waals surface area contributed by atoms with Crippen molar-refractivity contribution in [2.75, 3.05) is 0 Å². The number of carbonyl (C=O) groups is 1. The Labute approximate surface area is 160 Å². The molecule has 0 saturated heterocycles. The molecule has 2 saturated carbocycles. The van der Waals surface area contributed by atoms with Crippen molar-refractivity contribution in [3.63, 3.8) is 0 Å². The van der Waals surface area contributed by atoms with Gasteiger partial charge in [0.1, 0.15) is 6.33 Å². The minimum atomic E-state index is -0.114. The number of carbonyl (C=O) groups excluding carboxylic acids is 1. The maximum atomic E-state index is 13.0. The van der Waals surface area contributed by atoms with Gasteiger partial charge in [0.2, 0.25) is 0 Å². The summed E-state index contributed by atoms with van der Waals surface area (Å²) in [5.41, 5.74) is 2.88. The van der Waals surface area contributed by atoms with Crippen LogP contribution >= 0.6 is 0 Å². The molecule has 2 bridgehead atoms. The molecule has 2 unspecified atom stereocenters. The van der Waals surface area contributed by atoms with E-state index in [0.29, 0.717) is 29.3 Å². The molecular formula is C21H30N4O2. The van der Waals surface area contributed by atoms with Crippen molar-refractivity contribution in [1.82, 2.24) is 19.7 Å². The average Bonchev–Trinajstić information content (AvgIpc) is 3.05. The second-order valence-corrected chi connectivity index (χ2v) is 9.25. The number of hydrogen-bond donors (Lipinski definition) is 1. The van der Waals surface area contributed by atoms with Crippen LogP contribution in [0.15, 0.2) is 12.4 Å². The summed E-state index contributed by atoms with van der Waals surface area (Å²) in [4.78, 5) is 21.9. The summed E-state index contributed by atoms with van der Waals surface area (Å²) in [6.45, 7) is 10.3. The van der Waals surface area contributed by atoms with Gasteiger partial charge in [0.15, 0.2) is 11.3 Å². The molecule has 0 radical (unpaired) electrons. The van der Waals surface area contributed by atoms with E-state index >= 15 is 0 Å². The molecule has 2 heterocycles. The fourth-order valence-corrected chi connectivity index (χ4v) is 4.96. The van der Waals surface area contributed by atoms with Gasteiger partial charge >= 0.3 is 0 Å². The Morgan fingerprint density at radius 3 is 2.52 bits per heavy atom. The minimum Gasteiger partial charge on any atom is -0.373 e. The fraction of sp³-hybridized carbons (Fsp3) is 0.667. The Morgan fingerprint density at radius 1 is 1.22 bits per heavy atom. The molecule has 6 nitrogen and oxygen atoms in total. The normalized spacial score (nSPS) is 27.9. The third-order valence-corrected chi connectivity index (χ3v) is 5.91. The number of hydrogen-bond acceptors (Lipinski definition) is 4. The quantitative estimate of drug-likeness (QED) is 0.898. The Hall–Kier alpha value is -1.95. The average molecular weight is 370 g/mol. The van der Waals surface area contributed by atoms with Gasteiger partial charge in [-0.05, 0) is 78.2 Å². The highest BCUT2D eigenvalue weighted by atomic mass is 16.5. The first-order valence-corrected chi connectivity index (χ1v) is 10.0. The van der Waals surface area contributed by atoms with Crippen LogP contribution in [0.25, 0.3) is 5.65 Å². The van der Waals surface area contributed by atoms with Crippen molar-refractivity contribution in [2.24, 2.45) is 11.8 Å². The number of imidazole rings is 1. The first kappa shape index (κ1) is 18.4. The van der Waals surface area contributed by atoms with Gasteiger partial charge in [-0.2, -0.15) is 0 Å². The molecule has 0 aromatic carbocycles. The summed E-state index contributed by atoms with van der Waals surface area (Å²) < 4.78 is 8.11. The van der Waals surface area contributed by atoms with Gasteiger partial charge in [-0.25, -0.2) is 9.97 Å². The highest BCUT2D eigenvalue weighted by Gasteiger charge is 2.44. The number of amides is 1. The predicted octanol–water partition coefficient (Wildman–Crippen LogP) is 3.45. The van der Waals surface area contributed by atoms with Crippen LogP contribution < -0.4 is 5.32 Å². The number of aryl methyl sites for hydroxylation is 2. The number of nitrogens with zero attached hydrogens (tertiary/aromatic N) is 3. The van der Waals surface area contributed by atoms with Gasteiger partial charge in [0, 0.05) is 17.4 Å². The van der Waals surface area contributed by atoms with Crippen molar-refractivity contribution in [1.29, 1.82) is 0 Å². The zero-order chi connectivity index (χ0) is 19.3. The van der Waals surface area contributed by atoms with Crippen LogP contribution in [-0.2, 0) is 4.74 Å². The summed E-state index contributed by atoms with van der Waals surface area (Å²) in [6.07, 6.45) is 6.38. The molecule has 4 rings (SSSR count). The number of rotatable bonds is 3. The molecule has 146 valence electrons. The summed E-state index contributed by atoms with van der Waals surface area (Å²) >= 11 is 0. The van der Waals surface area contributed by atoms with Crippen molar-refractivity contribution < 1.29 is 9.53 Å². The van der Waals surface area contributed by atoms with Crippen molar-refractivity contribution in [3.8, 4) is 0 Å². The maximum absolute atomic E-state index is 13.0. The molecular weight excluding hydrogens is 340 g/mol. The second kappa shape index (κ2) is 6.59. The van der Waals surface area contributed by atoms with Gasteiger partial charge in [0.25, 0.3) is 5.91 Å². The maximum Gasteiger partial charge on any atom is 0.274 e. The zero-order valence-corrected chi connectivity index (χ0v) is 17.0.